The van der Waals surface area contributed by atoms with Gasteiger partial charge in [-0.2, -0.15) is 0 Å². The summed E-state index contributed by atoms with van der Waals surface area (Å²) < 4.78 is 25.8. The number of fused-ring (bicyclic) bond motifs is 2. The van der Waals surface area contributed by atoms with E-state index in [1.165, 1.54) is 22.3 Å². The topological polar surface area (TPSA) is 83.6 Å². The van der Waals surface area contributed by atoms with E-state index in [1.807, 2.05) is 0 Å². The predicted octanol–water partition coefficient (Wildman–Crippen LogP) is 2.42. The number of anilines is 1. The van der Waals surface area contributed by atoms with Gasteiger partial charge < -0.3 is 10.2 Å². The third kappa shape index (κ3) is 4.06. The average Bonchev–Trinajstić information content (AvgIpc) is 3.36. The molecule has 1 aromatic carbocycles. The number of carbonyl (C=O) groups is 2. The monoisotopic (exact) mass is 418 g/mol. The van der Waals surface area contributed by atoms with Gasteiger partial charge in [-0.25, -0.2) is 8.42 Å². The lowest BCUT2D eigenvalue weighted by Crippen LogP contribution is -2.46. The van der Waals surface area contributed by atoms with Crippen molar-refractivity contribution in [2.75, 3.05) is 24.2 Å². The normalized spacial score (nSPS) is 21.0. The Kier molecular flexibility index (Phi) is 5.69. The van der Waals surface area contributed by atoms with Gasteiger partial charge in [0.15, 0.2) is 9.84 Å². The minimum absolute atomic E-state index is 0.0234. The number of benzene rings is 1. The van der Waals surface area contributed by atoms with Crippen molar-refractivity contribution in [1.29, 1.82) is 0 Å². The summed E-state index contributed by atoms with van der Waals surface area (Å²) in [6, 6.07) is 2.29. The van der Waals surface area contributed by atoms with E-state index in [4.69, 9.17) is 0 Å². The number of likely N-dealkylation sites (tertiary alicyclic amines) is 1. The fraction of sp³-hybridized carbons (Fsp3) is 0.636. The number of hydrogen-bond acceptors (Lipinski definition) is 4. The number of aryl methyl sites for hydroxylation is 2. The second-order valence-electron chi connectivity index (χ2n) is 8.55. The molecule has 0 spiro atoms. The van der Waals surface area contributed by atoms with Gasteiger partial charge in [0.2, 0.25) is 11.8 Å². The largest absolute Gasteiger partial charge is 0.341 e. The first-order chi connectivity index (χ1) is 13.9. The summed E-state index contributed by atoms with van der Waals surface area (Å²) >= 11 is 0. The SMILES string of the molecule is CCC(=O)N1CCCC(S(=O)(=O)CC(=O)Nc2c3c(cc4c2CCC4)CCC3)C1. The molecule has 1 saturated heterocycles. The van der Waals surface area contributed by atoms with Gasteiger partial charge in [0.05, 0.1) is 5.25 Å². The molecular formula is C22H30N2O4S. The summed E-state index contributed by atoms with van der Waals surface area (Å²) in [4.78, 5) is 26.4. The molecule has 7 heteroatoms. The molecule has 0 saturated carbocycles. The zero-order valence-corrected chi connectivity index (χ0v) is 17.9. The van der Waals surface area contributed by atoms with Crippen LogP contribution in [-0.4, -0.2) is 49.2 Å². The molecule has 1 aliphatic heterocycles. The molecule has 6 nitrogen and oxygen atoms in total. The summed E-state index contributed by atoms with van der Waals surface area (Å²) in [7, 11) is -3.61. The molecular weight excluding hydrogens is 388 g/mol. The third-order valence-electron chi connectivity index (χ3n) is 6.61. The van der Waals surface area contributed by atoms with Crippen LogP contribution in [0, 0.1) is 0 Å². The average molecular weight is 419 g/mol. The first kappa shape index (κ1) is 20.4. The van der Waals surface area contributed by atoms with Crippen molar-refractivity contribution in [3.8, 4) is 0 Å². The highest BCUT2D eigenvalue weighted by Gasteiger charge is 2.34. The molecule has 1 fully saturated rings. The number of nitrogens with one attached hydrogen (secondary N) is 1. The lowest BCUT2D eigenvalue weighted by Gasteiger charge is -2.32. The van der Waals surface area contributed by atoms with Crippen LogP contribution in [-0.2, 0) is 45.1 Å². The van der Waals surface area contributed by atoms with E-state index in [-0.39, 0.29) is 12.5 Å². The van der Waals surface area contributed by atoms with Gasteiger partial charge in [0.1, 0.15) is 5.75 Å². The highest BCUT2D eigenvalue weighted by Crippen LogP contribution is 2.38. The standard InChI is InChI=1S/C22H30N2O4S/c1-2-21(26)24-11-5-8-17(13-24)29(27,28)14-20(25)23-22-18-9-3-6-15(18)12-16-7-4-10-19(16)22/h12,17H,2-11,13-14H2,1H3,(H,23,25). The molecule has 0 bridgehead atoms. The number of nitrogens with zero attached hydrogens (tertiary/aromatic N) is 1. The van der Waals surface area contributed by atoms with Gasteiger partial charge in [0.25, 0.3) is 0 Å². The summed E-state index contributed by atoms with van der Waals surface area (Å²) in [6.07, 6.45) is 7.68. The van der Waals surface area contributed by atoms with Gasteiger partial charge in [-0.15, -0.1) is 0 Å². The van der Waals surface area contributed by atoms with Crippen LogP contribution in [0.5, 0.6) is 0 Å². The Labute approximate surface area is 173 Å². The first-order valence-corrected chi connectivity index (χ1v) is 12.6. The van der Waals surface area contributed by atoms with Gasteiger partial charge in [0, 0.05) is 25.2 Å². The smallest absolute Gasteiger partial charge is 0.239 e. The molecule has 1 N–H and O–H groups in total. The van der Waals surface area contributed by atoms with Gasteiger partial charge in [-0.1, -0.05) is 13.0 Å². The molecule has 1 atom stereocenters. The Morgan fingerprint density at radius 1 is 1.07 bits per heavy atom. The zero-order chi connectivity index (χ0) is 20.6. The minimum Gasteiger partial charge on any atom is -0.341 e. The molecule has 1 heterocycles. The summed E-state index contributed by atoms with van der Waals surface area (Å²) in [5, 5.41) is 2.34. The summed E-state index contributed by atoms with van der Waals surface area (Å²) in [5.41, 5.74) is 5.91. The Balaban J connectivity index is 1.48. The molecule has 1 aromatic rings. The maximum Gasteiger partial charge on any atom is 0.239 e. The van der Waals surface area contributed by atoms with Crippen molar-refractivity contribution in [1.82, 2.24) is 4.90 Å². The Hall–Kier alpha value is -1.89. The van der Waals surface area contributed by atoms with E-state index in [0.717, 1.165) is 44.2 Å². The van der Waals surface area contributed by atoms with Crippen molar-refractivity contribution in [2.24, 2.45) is 0 Å². The number of hydrogen-bond donors (Lipinski definition) is 1. The molecule has 4 rings (SSSR count). The van der Waals surface area contributed by atoms with E-state index < -0.39 is 26.7 Å². The fourth-order valence-electron chi connectivity index (χ4n) is 5.12. The number of amides is 2. The predicted molar refractivity (Wildman–Crippen MR) is 113 cm³/mol. The van der Waals surface area contributed by atoms with E-state index in [1.54, 1.807) is 11.8 Å². The van der Waals surface area contributed by atoms with E-state index >= 15 is 0 Å². The first-order valence-electron chi connectivity index (χ1n) is 10.8. The maximum absolute atomic E-state index is 12.9. The van der Waals surface area contributed by atoms with Crippen molar-refractivity contribution in [3.63, 3.8) is 0 Å². The molecule has 0 radical (unpaired) electrons. The number of sulfone groups is 1. The summed E-state index contributed by atoms with van der Waals surface area (Å²) in [6.45, 7) is 2.59. The Bertz CT molecular complexity index is 906. The number of carbonyl (C=O) groups excluding carboxylic acids is 2. The second kappa shape index (κ2) is 8.09. The van der Waals surface area contributed by atoms with E-state index in [9.17, 15) is 18.0 Å². The molecule has 29 heavy (non-hydrogen) atoms. The Morgan fingerprint density at radius 2 is 1.72 bits per heavy atom. The lowest BCUT2D eigenvalue weighted by atomic mass is 9.98. The minimum atomic E-state index is -3.61. The van der Waals surface area contributed by atoms with Crippen molar-refractivity contribution < 1.29 is 18.0 Å². The second-order valence-corrected chi connectivity index (χ2v) is 10.8. The van der Waals surface area contributed by atoms with Crippen LogP contribution >= 0.6 is 0 Å². The Morgan fingerprint density at radius 3 is 2.34 bits per heavy atom. The molecule has 2 aliphatic carbocycles. The van der Waals surface area contributed by atoms with Crippen LogP contribution in [0.15, 0.2) is 6.07 Å². The van der Waals surface area contributed by atoms with E-state index in [2.05, 4.69) is 11.4 Å². The fourth-order valence-corrected chi connectivity index (χ4v) is 6.73. The maximum atomic E-state index is 12.9. The van der Waals surface area contributed by atoms with Gasteiger partial charge in [-0.05, 0) is 73.6 Å². The highest BCUT2D eigenvalue weighted by molar-refractivity contribution is 7.92. The third-order valence-corrected chi connectivity index (χ3v) is 8.68. The number of piperidine rings is 1. The lowest BCUT2D eigenvalue weighted by molar-refractivity contribution is -0.131. The van der Waals surface area contributed by atoms with Crippen LogP contribution in [0.2, 0.25) is 0 Å². The van der Waals surface area contributed by atoms with Crippen LogP contribution < -0.4 is 5.32 Å². The van der Waals surface area contributed by atoms with Crippen LogP contribution in [0.4, 0.5) is 5.69 Å². The summed E-state index contributed by atoms with van der Waals surface area (Å²) in [5.74, 6) is -0.979. The molecule has 158 valence electrons. The molecule has 0 aromatic heterocycles. The zero-order valence-electron chi connectivity index (χ0n) is 17.1. The van der Waals surface area contributed by atoms with E-state index in [0.29, 0.717) is 25.8 Å². The molecule has 3 aliphatic rings. The van der Waals surface area contributed by atoms with Crippen LogP contribution in [0.25, 0.3) is 0 Å². The molecule has 1 unspecified atom stereocenters. The quantitative estimate of drug-likeness (QED) is 0.796. The molecule has 2 amide bonds. The van der Waals surface area contributed by atoms with Crippen LogP contribution in [0.1, 0.15) is 61.3 Å². The highest BCUT2D eigenvalue weighted by atomic mass is 32.2. The van der Waals surface area contributed by atoms with Gasteiger partial charge in [-0.3, -0.25) is 9.59 Å². The van der Waals surface area contributed by atoms with Crippen LogP contribution in [0.3, 0.4) is 0 Å². The van der Waals surface area contributed by atoms with Crippen molar-refractivity contribution >= 4 is 27.3 Å². The number of rotatable bonds is 5. The van der Waals surface area contributed by atoms with Crippen molar-refractivity contribution in [2.45, 2.75) is 70.0 Å². The van der Waals surface area contributed by atoms with Gasteiger partial charge >= 0.3 is 0 Å². The van der Waals surface area contributed by atoms with Crippen molar-refractivity contribution in [3.05, 3.63) is 28.3 Å².